The Bertz CT molecular complexity index is 777. The molecule has 0 saturated heterocycles. The Morgan fingerprint density at radius 2 is 1.48 bits per heavy atom. The van der Waals surface area contributed by atoms with Gasteiger partial charge in [-0.3, -0.25) is 4.79 Å². The lowest BCUT2D eigenvalue weighted by atomic mass is 9.99. The predicted octanol–water partition coefficient (Wildman–Crippen LogP) is 3.81. The van der Waals surface area contributed by atoms with Crippen LogP contribution in [0.2, 0.25) is 0 Å². The molecule has 3 rings (SSSR count). The Morgan fingerprint density at radius 1 is 0.880 bits per heavy atom. The average Bonchev–Trinajstić information content (AvgIpc) is 3.20. The van der Waals surface area contributed by atoms with Crippen LogP contribution in [-0.2, 0) is 9.53 Å². The largest absolute Gasteiger partial charge is 0.451 e. The summed E-state index contributed by atoms with van der Waals surface area (Å²) in [5.74, 6) is -0.830. The smallest absolute Gasteiger partial charge is 0.348 e. The van der Waals surface area contributed by atoms with E-state index in [0.29, 0.717) is 4.88 Å². The molecule has 3 aromatic rings. The van der Waals surface area contributed by atoms with Crippen LogP contribution < -0.4 is 5.32 Å². The van der Waals surface area contributed by atoms with Crippen LogP contribution in [0.3, 0.4) is 0 Å². The van der Waals surface area contributed by atoms with Crippen molar-refractivity contribution in [3.05, 3.63) is 94.2 Å². The van der Waals surface area contributed by atoms with Crippen molar-refractivity contribution in [3.8, 4) is 0 Å². The van der Waals surface area contributed by atoms with Crippen LogP contribution in [0.5, 0.6) is 0 Å². The number of hydrogen-bond acceptors (Lipinski definition) is 4. The molecule has 1 heterocycles. The van der Waals surface area contributed by atoms with Gasteiger partial charge in [-0.1, -0.05) is 66.7 Å². The monoisotopic (exact) mass is 351 g/mol. The van der Waals surface area contributed by atoms with Gasteiger partial charge in [-0.05, 0) is 22.6 Å². The van der Waals surface area contributed by atoms with Gasteiger partial charge in [0.05, 0.1) is 6.04 Å². The van der Waals surface area contributed by atoms with E-state index in [-0.39, 0.29) is 18.6 Å². The normalized spacial score (nSPS) is 10.4. The van der Waals surface area contributed by atoms with Crippen LogP contribution in [0.15, 0.2) is 78.2 Å². The second kappa shape index (κ2) is 8.26. The number of ether oxygens (including phenoxy) is 1. The standard InChI is InChI=1S/C20H17NO3S/c22-18(14-24-20(23)17-12-7-13-25-17)21-19(15-8-3-1-4-9-15)16-10-5-2-6-11-16/h1-13,19H,14H2,(H,21,22). The second-order valence-electron chi connectivity index (χ2n) is 5.38. The fourth-order valence-corrected chi connectivity index (χ4v) is 3.07. The molecule has 5 heteroatoms. The van der Waals surface area contributed by atoms with Crippen molar-refractivity contribution in [2.75, 3.05) is 6.61 Å². The molecule has 1 N–H and O–H groups in total. The molecule has 0 bridgehead atoms. The van der Waals surface area contributed by atoms with Crippen LogP contribution in [-0.4, -0.2) is 18.5 Å². The molecule has 0 aliphatic rings. The number of rotatable bonds is 6. The lowest BCUT2D eigenvalue weighted by Crippen LogP contribution is -2.33. The first kappa shape index (κ1) is 16.9. The van der Waals surface area contributed by atoms with E-state index in [1.54, 1.807) is 17.5 Å². The zero-order valence-corrected chi connectivity index (χ0v) is 14.2. The van der Waals surface area contributed by atoms with E-state index in [4.69, 9.17) is 4.74 Å². The van der Waals surface area contributed by atoms with Gasteiger partial charge in [0.15, 0.2) is 6.61 Å². The van der Waals surface area contributed by atoms with Gasteiger partial charge >= 0.3 is 5.97 Å². The first-order valence-corrected chi connectivity index (χ1v) is 8.72. The van der Waals surface area contributed by atoms with E-state index in [9.17, 15) is 9.59 Å². The summed E-state index contributed by atoms with van der Waals surface area (Å²) in [7, 11) is 0. The van der Waals surface area contributed by atoms with Crippen molar-refractivity contribution in [2.24, 2.45) is 0 Å². The minimum absolute atomic E-state index is 0.296. The summed E-state index contributed by atoms with van der Waals surface area (Å²) in [6.07, 6.45) is 0. The summed E-state index contributed by atoms with van der Waals surface area (Å²) >= 11 is 1.28. The van der Waals surface area contributed by atoms with Crippen LogP contribution in [0.1, 0.15) is 26.8 Å². The average molecular weight is 351 g/mol. The third-order valence-corrected chi connectivity index (χ3v) is 4.48. The van der Waals surface area contributed by atoms with Crippen molar-refractivity contribution in [1.29, 1.82) is 0 Å². The molecule has 126 valence electrons. The summed E-state index contributed by atoms with van der Waals surface area (Å²) in [6.45, 7) is -0.313. The first-order chi connectivity index (χ1) is 12.2. The van der Waals surface area contributed by atoms with Gasteiger partial charge < -0.3 is 10.1 Å². The third kappa shape index (κ3) is 4.55. The molecule has 0 fully saturated rings. The third-order valence-electron chi connectivity index (χ3n) is 3.63. The number of amides is 1. The van der Waals surface area contributed by atoms with Crippen LogP contribution >= 0.6 is 11.3 Å². The van der Waals surface area contributed by atoms with Gasteiger partial charge in [0, 0.05) is 0 Å². The molecule has 0 aliphatic heterocycles. The lowest BCUT2D eigenvalue weighted by molar-refractivity contribution is -0.124. The van der Waals surface area contributed by atoms with Gasteiger partial charge in [-0.2, -0.15) is 0 Å². The number of benzene rings is 2. The van der Waals surface area contributed by atoms with Crippen molar-refractivity contribution in [2.45, 2.75) is 6.04 Å². The van der Waals surface area contributed by atoms with E-state index in [2.05, 4.69) is 5.32 Å². The lowest BCUT2D eigenvalue weighted by Gasteiger charge is -2.19. The Morgan fingerprint density at radius 3 is 2.00 bits per heavy atom. The Hall–Kier alpha value is -2.92. The second-order valence-corrected chi connectivity index (χ2v) is 6.32. The van der Waals surface area contributed by atoms with Gasteiger partial charge in [0.1, 0.15) is 4.88 Å². The SMILES string of the molecule is O=C(COC(=O)c1cccs1)NC(c1ccccc1)c1ccccc1. The van der Waals surface area contributed by atoms with E-state index in [0.717, 1.165) is 11.1 Å². The maximum atomic E-state index is 12.3. The predicted molar refractivity (Wildman–Crippen MR) is 97.5 cm³/mol. The Labute approximate surface area is 150 Å². The number of thiophene rings is 1. The highest BCUT2D eigenvalue weighted by atomic mass is 32.1. The molecule has 0 radical (unpaired) electrons. The summed E-state index contributed by atoms with van der Waals surface area (Å²) in [4.78, 5) is 24.6. The minimum atomic E-state index is -0.485. The quantitative estimate of drug-likeness (QED) is 0.687. The van der Waals surface area contributed by atoms with E-state index in [1.165, 1.54) is 11.3 Å². The summed E-state index contributed by atoms with van der Waals surface area (Å²) in [5, 5.41) is 4.73. The van der Waals surface area contributed by atoms with Gasteiger partial charge in [-0.15, -0.1) is 11.3 Å². The molecule has 4 nitrogen and oxygen atoms in total. The van der Waals surface area contributed by atoms with Gasteiger partial charge in [0.2, 0.25) is 0 Å². The van der Waals surface area contributed by atoms with E-state index in [1.807, 2.05) is 60.7 Å². The molecule has 1 aromatic heterocycles. The van der Waals surface area contributed by atoms with Crippen molar-refractivity contribution in [3.63, 3.8) is 0 Å². The molecule has 0 aliphatic carbocycles. The minimum Gasteiger partial charge on any atom is -0.451 e. The van der Waals surface area contributed by atoms with Crippen LogP contribution in [0, 0.1) is 0 Å². The molecule has 0 atom stereocenters. The molecule has 0 saturated carbocycles. The summed E-state index contributed by atoms with van der Waals surface area (Å²) < 4.78 is 5.08. The molecule has 2 aromatic carbocycles. The van der Waals surface area contributed by atoms with E-state index < -0.39 is 5.97 Å². The number of esters is 1. The number of carbonyl (C=O) groups is 2. The fourth-order valence-electron chi connectivity index (χ4n) is 2.45. The maximum absolute atomic E-state index is 12.3. The maximum Gasteiger partial charge on any atom is 0.348 e. The van der Waals surface area contributed by atoms with Gasteiger partial charge in [0.25, 0.3) is 5.91 Å². The number of nitrogens with one attached hydrogen (secondary N) is 1. The van der Waals surface area contributed by atoms with Crippen molar-refractivity contribution < 1.29 is 14.3 Å². The highest BCUT2D eigenvalue weighted by Crippen LogP contribution is 2.21. The summed E-state index contributed by atoms with van der Waals surface area (Å²) in [6, 6.07) is 22.5. The first-order valence-electron chi connectivity index (χ1n) is 7.84. The molecular formula is C20H17NO3S. The zero-order valence-electron chi connectivity index (χ0n) is 13.4. The van der Waals surface area contributed by atoms with Crippen molar-refractivity contribution >= 4 is 23.2 Å². The zero-order chi connectivity index (χ0) is 17.5. The van der Waals surface area contributed by atoms with Crippen molar-refractivity contribution in [1.82, 2.24) is 5.32 Å². The van der Waals surface area contributed by atoms with Crippen LogP contribution in [0.25, 0.3) is 0 Å². The highest BCUT2D eigenvalue weighted by Gasteiger charge is 2.18. The van der Waals surface area contributed by atoms with Gasteiger partial charge in [-0.25, -0.2) is 4.79 Å². The van der Waals surface area contributed by atoms with Crippen LogP contribution in [0.4, 0.5) is 0 Å². The fraction of sp³-hybridized carbons (Fsp3) is 0.100. The number of carbonyl (C=O) groups excluding carboxylic acids is 2. The molecule has 0 unspecified atom stereocenters. The summed E-state index contributed by atoms with van der Waals surface area (Å²) in [5.41, 5.74) is 1.93. The Balaban J connectivity index is 1.68. The molecular weight excluding hydrogens is 334 g/mol. The Kier molecular flexibility index (Phi) is 5.59. The topological polar surface area (TPSA) is 55.4 Å². The van der Waals surface area contributed by atoms with E-state index >= 15 is 0 Å². The molecule has 25 heavy (non-hydrogen) atoms. The number of hydrogen-bond donors (Lipinski definition) is 1. The molecule has 0 spiro atoms. The molecule has 1 amide bonds. The highest BCUT2D eigenvalue weighted by molar-refractivity contribution is 7.11.